The molecule has 1 aliphatic heterocycles. The molecule has 122 valence electrons. The van der Waals surface area contributed by atoms with E-state index in [1.54, 1.807) is 26.2 Å². The normalized spacial score (nSPS) is 14.3. The molecule has 0 bridgehead atoms. The molecular formula is C17H19ClN2O2S. The molecule has 0 N–H and O–H groups in total. The lowest BCUT2D eigenvalue weighted by Crippen LogP contribution is -2.22. The van der Waals surface area contributed by atoms with Crippen LogP contribution in [0.1, 0.15) is 11.1 Å². The van der Waals surface area contributed by atoms with E-state index in [0.717, 1.165) is 41.3 Å². The van der Waals surface area contributed by atoms with Crippen molar-refractivity contribution in [2.75, 3.05) is 25.5 Å². The molecule has 0 radical (unpaired) electrons. The Morgan fingerprint density at radius 2 is 1.96 bits per heavy atom. The zero-order chi connectivity index (χ0) is 16.6. The number of fused-ring (bicyclic) bond motifs is 1. The van der Waals surface area contributed by atoms with Gasteiger partial charge in [0.15, 0.2) is 0 Å². The van der Waals surface area contributed by atoms with Crippen LogP contribution >= 0.6 is 11.6 Å². The van der Waals surface area contributed by atoms with Gasteiger partial charge in [0.1, 0.15) is 0 Å². The van der Waals surface area contributed by atoms with Crippen molar-refractivity contribution in [2.45, 2.75) is 17.9 Å². The van der Waals surface area contributed by atoms with Crippen LogP contribution in [0, 0.1) is 0 Å². The van der Waals surface area contributed by atoms with Gasteiger partial charge in [-0.25, -0.2) is 12.7 Å². The SMILES string of the molecule is CN(C)S(=O)(=O)c1ccc2c(c1)CCN2Cc1cccc(Cl)c1. The number of halogens is 1. The summed E-state index contributed by atoms with van der Waals surface area (Å²) in [6.45, 7) is 1.65. The van der Waals surface area contributed by atoms with Crippen LogP contribution in [0.5, 0.6) is 0 Å². The van der Waals surface area contributed by atoms with E-state index in [-0.39, 0.29) is 0 Å². The van der Waals surface area contributed by atoms with Crippen LogP contribution in [-0.2, 0) is 23.0 Å². The number of anilines is 1. The average molecular weight is 351 g/mol. The summed E-state index contributed by atoms with van der Waals surface area (Å²) in [6.07, 6.45) is 0.854. The monoisotopic (exact) mass is 350 g/mol. The molecule has 0 atom stereocenters. The molecule has 3 rings (SSSR count). The fourth-order valence-corrected chi connectivity index (χ4v) is 4.00. The summed E-state index contributed by atoms with van der Waals surface area (Å²) < 4.78 is 25.7. The Morgan fingerprint density at radius 3 is 2.65 bits per heavy atom. The van der Waals surface area contributed by atoms with Gasteiger partial charge in [-0.15, -0.1) is 0 Å². The molecule has 2 aromatic rings. The second-order valence-electron chi connectivity index (χ2n) is 5.88. The summed E-state index contributed by atoms with van der Waals surface area (Å²) in [5.41, 5.74) is 3.33. The number of hydrogen-bond acceptors (Lipinski definition) is 3. The Morgan fingerprint density at radius 1 is 1.17 bits per heavy atom. The van der Waals surface area contributed by atoms with Gasteiger partial charge < -0.3 is 4.90 Å². The van der Waals surface area contributed by atoms with Crippen molar-refractivity contribution in [3.63, 3.8) is 0 Å². The minimum absolute atomic E-state index is 0.353. The van der Waals surface area contributed by atoms with Crippen LogP contribution in [0.4, 0.5) is 5.69 Å². The fraction of sp³-hybridized carbons (Fsp3) is 0.294. The first-order valence-electron chi connectivity index (χ1n) is 7.43. The van der Waals surface area contributed by atoms with E-state index in [0.29, 0.717) is 4.90 Å². The molecule has 4 nitrogen and oxygen atoms in total. The summed E-state index contributed by atoms with van der Waals surface area (Å²) in [6, 6.07) is 13.2. The maximum Gasteiger partial charge on any atom is 0.242 e. The summed E-state index contributed by atoms with van der Waals surface area (Å²) >= 11 is 6.04. The van der Waals surface area contributed by atoms with Crippen LogP contribution < -0.4 is 4.90 Å². The van der Waals surface area contributed by atoms with Crippen LogP contribution in [0.25, 0.3) is 0 Å². The lowest BCUT2D eigenvalue weighted by Gasteiger charge is -2.20. The standard InChI is InChI=1S/C17H19ClN2O2S/c1-19(2)23(21,22)16-6-7-17-14(11-16)8-9-20(17)12-13-4-3-5-15(18)10-13/h3-7,10-11H,8-9,12H2,1-2H3. The van der Waals surface area contributed by atoms with Crippen LogP contribution in [0.15, 0.2) is 47.4 Å². The van der Waals surface area contributed by atoms with Crippen molar-refractivity contribution in [3.05, 3.63) is 58.6 Å². The molecule has 0 spiro atoms. The highest BCUT2D eigenvalue weighted by atomic mass is 35.5. The molecule has 0 unspecified atom stereocenters. The quantitative estimate of drug-likeness (QED) is 0.850. The Hall–Kier alpha value is -1.56. The van der Waals surface area contributed by atoms with Gasteiger partial charge in [-0.2, -0.15) is 0 Å². The lowest BCUT2D eigenvalue weighted by atomic mass is 10.1. The van der Waals surface area contributed by atoms with Crippen LogP contribution in [0.3, 0.4) is 0 Å². The van der Waals surface area contributed by atoms with E-state index in [2.05, 4.69) is 11.0 Å². The van der Waals surface area contributed by atoms with Crippen molar-refractivity contribution < 1.29 is 8.42 Å². The van der Waals surface area contributed by atoms with Gasteiger partial charge in [-0.3, -0.25) is 0 Å². The van der Waals surface area contributed by atoms with Gasteiger partial charge in [0.25, 0.3) is 0 Å². The minimum atomic E-state index is -3.38. The number of benzene rings is 2. The molecule has 6 heteroatoms. The number of rotatable bonds is 4. The zero-order valence-corrected chi connectivity index (χ0v) is 14.7. The largest absolute Gasteiger partial charge is 0.367 e. The van der Waals surface area contributed by atoms with Crippen molar-refractivity contribution in [3.8, 4) is 0 Å². The Balaban J connectivity index is 1.87. The topological polar surface area (TPSA) is 40.6 Å². The summed E-state index contributed by atoms with van der Waals surface area (Å²) in [4.78, 5) is 2.61. The van der Waals surface area contributed by atoms with E-state index in [1.165, 1.54) is 4.31 Å². The summed E-state index contributed by atoms with van der Waals surface area (Å²) in [5, 5.41) is 0.731. The van der Waals surface area contributed by atoms with Crippen molar-refractivity contribution >= 4 is 27.3 Å². The average Bonchev–Trinajstić information content (AvgIpc) is 2.89. The van der Waals surface area contributed by atoms with E-state index in [9.17, 15) is 8.42 Å². The summed E-state index contributed by atoms with van der Waals surface area (Å²) in [5.74, 6) is 0. The Kier molecular flexibility index (Phi) is 4.36. The van der Waals surface area contributed by atoms with Crippen LogP contribution in [-0.4, -0.2) is 33.4 Å². The molecule has 1 aliphatic rings. The van der Waals surface area contributed by atoms with Crippen molar-refractivity contribution in [2.24, 2.45) is 0 Å². The molecule has 0 fully saturated rings. The third kappa shape index (κ3) is 3.22. The van der Waals surface area contributed by atoms with Gasteiger partial charge >= 0.3 is 0 Å². The third-order valence-electron chi connectivity index (χ3n) is 4.08. The fourth-order valence-electron chi connectivity index (χ4n) is 2.84. The van der Waals surface area contributed by atoms with E-state index < -0.39 is 10.0 Å². The molecule has 1 heterocycles. The molecule has 23 heavy (non-hydrogen) atoms. The Bertz CT molecular complexity index is 834. The molecule has 2 aromatic carbocycles. The maximum atomic E-state index is 12.2. The predicted octanol–water partition coefficient (Wildman–Crippen LogP) is 3.15. The summed E-state index contributed by atoms with van der Waals surface area (Å²) in [7, 11) is -0.284. The number of sulfonamides is 1. The van der Waals surface area contributed by atoms with Gasteiger partial charge in [0.2, 0.25) is 10.0 Å². The smallest absolute Gasteiger partial charge is 0.242 e. The third-order valence-corrected chi connectivity index (χ3v) is 6.13. The van der Waals surface area contributed by atoms with Gasteiger partial charge in [0.05, 0.1) is 4.90 Å². The van der Waals surface area contributed by atoms with Gasteiger partial charge in [0, 0.05) is 37.9 Å². The lowest BCUT2D eigenvalue weighted by molar-refractivity contribution is 0.520. The minimum Gasteiger partial charge on any atom is -0.367 e. The first kappa shape index (κ1) is 16.3. The van der Waals surface area contributed by atoms with E-state index in [4.69, 9.17) is 11.6 Å². The number of nitrogens with zero attached hydrogens (tertiary/aromatic N) is 2. The second kappa shape index (κ2) is 6.15. The zero-order valence-electron chi connectivity index (χ0n) is 13.2. The molecule has 0 saturated carbocycles. The first-order valence-corrected chi connectivity index (χ1v) is 9.24. The predicted molar refractivity (Wildman–Crippen MR) is 93.5 cm³/mol. The molecule has 0 saturated heterocycles. The van der Waals surface area contributed by atoms with E-state index in [1.807, 2.05) is 24.3 Å². The van der Waals surface area contributed by atoms with Gasteiger partial charge in [-0.05, 0) is 47.9 Å². The molecule has 0 aromatic heterocycles. The van der Waals surface area contributed by atoms with Crippen molar-refractivity contribution in [1.29, 1.82) is 0 Å². The highest BCUT2D eigenvalue weighted by Gasteiger charge is 2.23. The van der Waals surface area contributed by atoms with E-state index >= 15 is 0 Å². The van der Waals surface area contributed by atoms with Crippen molar-refractivity contribution in [1.82, 2.24) is 4.31 Å². The first-order chi connectivity index (χ1) is 10.9. The molecule has 0 amide bonds. The second-order valence-corrected chi connectivity index (χ2v) is 8.47. The number of hydrogen-bond donors (Lipinski definition) is 0. The highest BCUT2D eigenvalue weighted by Crippen LogP contribution is 2.32. The Labute approximate surface area is 142 Å². The van der Waals surface area contributed by atoms with Crippen LogP contribution in [0.2, 0.25) is 5.02 Å². The van der Waals surface area contributed by atoms with Gasteiger partial charge in [-0.1, -0.05) is 23.7 Å². The molecule has 0 aliphatic carbocycles. The highest BCUT2D eigenvalue weighted by molar-refractivity contribution is 7.89. The molecular weight excluding hydrogens is 332 g/mol. The maximum absolute atomic E-state index is 12.2.